The maximum Gasteiger partial charge on any atom is 0.239 e. The smallest absolute Gasteiger partial charge is 0.239 e. The third-order valence-electron chi connectivity index (χ3n) is 3.84. The molecule has 1 heterocycles. The van der Waals surface area contributed by atoms with Gasteiger partial charge in [-0.05, 0) is 37.5 Å². The average molecular weight is 313 g/mol. The average Bonchev–Trinajstić information content (AvgIpc) is 2.54. The minimum absolute atomic E-state index is 0.0118. The summed E-state index contributed by atoms with van der Waals surface area (Å²) in [4.78, 5) is 28.2. The maximum absolute atomic E-state index is 12.1. The molecule has 0 bridgehead atoms. The Morgan fingerprint density at radius 1 is 1.09 bits per heavy atom. The maximum atomic E-state index is 12.1. The molecule has 5 heteroatoms. The van der Waals surface area contributed by atoms with E-state index in [1.54, 1.807) is 0 Å². The van der Waals surface area contributed by atoms with Crippen LogP contribution in [0, 0.1) is 13.8 Å². The first-order valence-electron chi connectivity index (χ1n) is 7.91. The topological polar surface area (TPSA) is 71.1 Å². The number of nitrogens with zero attached hydrogens (tertiary/aromatic N) is 1. The van der Waals surface area contributed by atoms with Gasteiger partial charge in [0, 0.05) is 17.6 Å². The van der Waals surface area contributed by atoms with Crippen LogP contribution in [0.3, 0.4) is 0 Å². The van der Waals surface area contributed by atoms with Crippen molar-refractivity contribution in [1.82, 2.24) is 15.6 Å². The van der Waals surface area contributed by atoms with Crippen LogP contribution in [0.2, 0.25) is 0 Å². The third kappa shape index (κ3) is 4.28. The summed E-state index contributed by atoms with van der Waals surface area (Å²) in [7, 11) is 0. The van der Waals surface area contributed by atoms with Crippen molar-refractivity contribution in [3.05, 3.63) is 41.1 Å². The summed E-state index contributed by atoms with van der Waals surface area (Å²) in [6.45, 7) is 6.54. The van der Waals surface area contributed by atoms with Crippen LogP contribution in [0.25, 0.3) is 10.9 Å². The van der Waals surface area contributed by atoms with Gasteiger partial charge in [0.1, 0.15) is 0 Å². The molecule has 0 atom stereocenters. The molecule has 2 N–H and O–H groups in total. The zero-order valence-corrected chi connectivity index (χ0v) is 13.9. The molecule has 0 radical (unpaired) electrons. The lowest BCUT2D eigenvalue weighted by molar-refractivity contribution is -0.125. The van der Waals surface area contributed by atoms with Gasteiger partial charge < -0.3 is 10.6 Å². The van der Waals surface area contributed by atoms with E-state index in [9.17, 15) is 9.59 Å². The molecule has 0 aliphatic heterocycles. The number of hydrogen-bond acceptors (Lipinski definition) is 3. The molecule has 2 rings (SSSR count). The zero-order valence-electron chi connectivity index (χ0n) is 13.9. The fourth-order valence-corrected chi connectivity index (χ4v) is 2.56. The number of carbonyl (C=O) groups is 2. The Balaban J connectivity index is 2.06. The van der Waals surface area contributed by atoms with E-state index >= 15 is 0 Å². The summed E-state index contributed by atoms with van der Waals surface area (Å²) in [6, 6.07) is 7.90. The summed E-state index contributed by atoms with van der Waals surface area (Å²) >= 11 is 0. The lowest BCUT2D eigenvalue weighted by Crippen LogP contribution is -2.37. The number of para-hydroxylation sites is 1. The van der Waals surface area contributed by atoms with Gasteiger partial charge in [0.25, 0.3) is 0 Å². The predicted molar refractivity (Wildman–Crippen MR) is 91.2 cm³/mol. The fraction of sp³-hybridized carbons (Fsp3) is 0.389. The van der Waals surface area contributed by atoms with E-state index in [0.29, 0.717) is 6.54 Å². The van der Waals surface area contributed by atoms with Crippen LogP contribution < -0.4 is 10.6 Å². The van der Waals surface area contributed by atoms with Gasteiger partial charge in [-0.1, -0.05) is 25.1 Å². The van der Waals surface area contributed by atoms with Crippen molar-refractivity contribution in [3.8, 4) is 0 Å². The van der Waals surface area contributed by atoms with Gasteiger partial charge in [-0.3, -0.25) is 14.6 Å². The first-order chi connectivity index (χ1) is 11.0. The van der Waals surface area contributed by atoms with Gasteiger partial charge in [0.15, 0.2) is 0 Å². The summed E-state index contributed by atoms with van der Waals surface area (Å²) in [5, 5.41) is 6.45. The molecule has 5 nitrogen and oxygen atoms in total. The lowest BCUT2D eigenvalue weighted by atomic mass is 9.99. The van der Waals surface area contributed by atoms with Crippen LogP contribution in [0.1, 0.15) is 30.2 Å². The zero-order chi connectivity index (χ0) is 16.8. The van der Waals surface area contributed by atoms with Gasteiger partial charge >= 0.3 is 0 Å². The fourth-order valence-electron chi connectivity index (χ4n) is 2.56. The molecule has 0 unspecified atom stereocenters. The second-order valence-electron chi connectivity index (χ2n) is 5.62. The minimum atomic E-state index is -0.167. The van der Waals surface area contributed by atoms with E-state index in [1.807, 2.05) is 45.0 Å². The number of aryl methyl sites for hydroxylation is 2. The van der Waals surface area contributed by atoms with Crippen molar-refractivity contribution in [1.29, 1.82) is 0 Å². The number of hydrogen-bond donors (Lipinski definition) is 2. The molecule has 2 aromatic rings. The monoisotopic (exact) mass is 313 g/mol. The second-order valence-corrected chi connectivity index (χ2v) is 5.62. The molecule has 1 aromatic carbocycles. The molecule has 1 aromatic heterocycles. The predicted octanol–water partition coefficient (Wildman–Crippen LogP) is 2.04. The molecule has 23 heavy (non-hydrogen) atoms. The van der Waals surface area contributed by atoms with Crippen molar-refractivity contribution in [3.63, 3.8) is 0 Å². The highest BCUT2D eigenvalue weighted by Gasteiger charge is 2.13. The summed E-state index contributed by atoms with van der Waals surface area (Å²) in [5.74, 6) is -0.329. The Morgan fingerprint density at radius 2 is 1.83 bits per heavy atom. The molecule has 0 saturated heterocycles. The SMILES string of the molecule is CCCNC(=O)CNC(=O)Cc1c(C)nc2ccccc2c1C. The van der Waals surface area contributed by atoms with Gasteiger partial charge in [-0.25, -0.2) is 0 Å². The van der Waals surface area contributed by atoms with E-state index in [1.165, 1.54) is 0 Å². The molecule has 0 spiro atoms. The highest BCUT2D eigenvalue weighted by molar-refractivity contribution is 5.88. The van der Waals surface area contributed by atoms with Crippen molar-refractivity contribution in [2.45, 2.75) is 33.6 Å². The largest absolute Gasteiger partial charge is 0.355 e. The van der Waals surface area contributed by atoms with Crippen molar-refractivity contribution >= 4 is 22.7 Å². The highest BCUT2D eigenvalue weighted by atomic mass is 16.2. The third-order valence-corrected chi connectivity index (χ3v) is 3.84. The number of benzene rings is 1. The standard InChI is InChI=1S/C18H23N3O2/c1-4-9-19-18(23)11-20-17(22)10-15-12(2)14-7-5-6-8-16(14)21-13(15)3/h5-8H,4,9-11H2,1-3H3,(H,19,23)(H,20,22). The molecule has 122 valence electrons. The Morgan fingerprint density at radius 3 is 2.57 bits per heavy atom. The second kappa shape index (κ2) is 7.72. The molecule has 0 saturated carbocycles. The van der Waals surface area contributed by atoms with Crippen LogP contribution in [0.4, 0.5) is 0 Å². The van der Waals surface area contributed by atoms with E-state index in [4.69, 9.17) is 0 Å². The molecule has 0 fully saturated rings. The van der Waals surface area contributed by atoms with Crippen LogP contribution in [-0.4, -0.2) is 29.9 Å². The lowest BCUT2D eigenvalue weighted by Gasteiger charge is -2.12. The Labute approximate surface area is 136 Å². The number of carbonyl (C=O) groups excluding carboxylic acids is 2. The van der Waals surface area contributed by atoms with E-state index in [2.05, 4.69) is 15.6 Å². The molecular formula is C18H23N3O2. The summed E-state index contributed by atoms with van der Waals surface area (Å²) in [6.07, 6.45) is 1.11. The Hall–Kier alpha value is -2.43. The van der Waals surface area contributed by atoms with Crippen molar-refractivity contribution in [2.75, 3.05) is 13.1 Å². The molecule has 0 aliphatic carbocycles. The number of aromatic nitrogens is 1. The normalized spacial score (nSPS) is 10.6. The van der Waals surface area contributed by atoms with Gasteiger partial charge in [-0.15, -0.1) is 0 Å². The van der Waals surface area contributed by atoms with Gasteiger partial charge in [-0.2, -0.15) is 0 Å². The number of nitrogens with one attached hydrogen (secondary N) is 2. The quantitative estimate of drug-likeness (QED) is 0.857. The first-order valence-corrected chi connectivity index (χ1v) is 7.91. The highest BCUT2D eigenvalue weighted by Crippen LogP contribution is 2.22. The van der Waals surface area contributed by atoms with Crippen molar-refractivity contribution < 1.29 is 9.59 Å². The first kappa shape index (κ1) is 16.9. The van der Waals surface area contributed by atoms with E-state index in [-0.39, 0.29) is 24.8 Å². The number of fused-ring (bicyclic) bond motifs is 1. The summed E-state index contributed by atoms with van der Waals surface area (Å²) < 4.78 is 0. The van der Waals surface area contributed by atoms with Crippen LogP contribution in [0.5, 0.6) is 0 Å². The number of amides is 2. The number of pyridine rings is 1. The van der Waals surface area contributed by atoms with Crippen molar-refractivity contribution in [2.24, 2.45) is 0 Å². The molecule has 2 amide bonds. The Kier molecular flexibility index (Phi) is 5.68. The summed E-state index contributed by atoms with van der Waals surface area (Å²) in [5.41, 5.74) is 3.78. The van der Waals surface area contributed by atoms with Gasteiger partial charge in [0.05, 0.1) is 18.5 Å². The number of rotatable bonds is 6. The molecule has 0 aliphatic rings. The van der Waals surface area contributed by atoms with E-state index in [0.717, 1.165) is 34.1 Å². The van der Waals surface area contributed by atoms with Gasteiger partial charge in [0.2, 0.25) is 11.8 Å². The minimum Gasteiger partial charge on any atom is -0.355 e. The van der Waals surface area contributed by atoms with Crippen LogP contribution >= 0.6 is 0 Å². The van der Waals surface area contributed by atoms with Crippen LogP contribution in [0.15, 0.2) is 24.3 Å². The Bertz CT molecular complexity index is 726. The van der Waals surface area contributed by atoms with Crippen LogP contribution in [-0.2, 0) is 16.0 Å². The van der Waals surface area contributed by atoms with E-state index < -0.39 is 0 Å². The molecular weight excluding hydrogens is 290 g/mol.